The molecule has 0 aliphatic heterocycles. The van der Waals surface area contributed by atoms with Crippen molar-refractivity contribution < 1.29 is 9.90 Å². The van der Waals surface area contributed by atoms with Gasteiger partial charge in [0, 0.05) is 6.42 Å². The first-order chi connectivity index (χ1) is 10.5. The Balaban J connectivity index is 1.97. The van der Waals surface area contributed by atoms with Gasteiger partial charge in [-0.3, -0.25) is 4.79 Å². The molecule has 0 fully saturated rings. The molecule has 2 aromatic carbocycles. The summed E-state index contributed by atoms with van der Waals surface area (Å²) >= 11 is 0. The van der Waals surface area contributed by atoms with E-state index < -0.39 is 6.04 Å². The molecule has 0 aliphatic carbocycles. The average molecular weight is 297 g/mol. The number of hydrogen-bond donors (Lipinski definition) is 2. The van der Waals surface area contributed by atoms with E-state index in [0.717, 1.165) is 28.7 Å². The van der Waals surface area contributed by atoms with Crippen LogP contribution in [0, 0.1) is 13.8 Å². The fraction of sp³-hybridized carbons (Fsp3) is 0.316. The summed E-state index contributed by atoms with van der Waals surface area (Å²) in [6.07, 6.45) is 1.70. The molecule has 22 heavy (non-hydrogen) atoms. The van der Waals surface area contributed by atoms with Crippen molar-refractivity contribution in [1.82, 2.24) is 0 Å². The maximum atomic E-state index is 12.2. The van der Waals surface area contributed by atoms with Crippen molar-refractivity contribution in [3.05, 3.63) is 64.7 Å². The Bertz CT molecular complexity index is 627. The fourth-order valence-electron chi connectivity index (χ4n) is 2.72. The molecular weight excluding hydrogens is 274 g/mol. The zero-order valence-corrected chi connectivity index (χ0v) is 13.2. The quantitative estimate of drug-likeness (QED) is 0.861. The lowest BCUT2D eigenvalue weighted by Gasteiger charge is -2.15. The van der Waals surface area contributed by atoms with Crippen LogP contribution in [0.3, 0.4) is 0 Å². The van der Waals surface area contributed by atoms with Crippen LogP contribution in [-0.4, -0.2) is 16.9 Å². The Hall–Kier alpha value is -2.13. The molecular formula is C19H23NO2. The monoisotopic (exact) mass is 297 g/mol. The van der Waals surface area contributed by atoms with Crippen molar-refractivity contribution in [3.63, 3.8) is 0 Å². The van der Waals surface area contributed by atoms with Crippen LogP contribution < -0.4 is 5.73 Å². The minimum Gasteiger partial charge on any atom is -0.508 e. The lowest BCUT2D eigenvalue weighted by molar-refractivity contribution is -0.120. The van der Waals surface area contributed by atoms with Crippen molar-refractivity contribution >= 4 is 5.78 Å². The van der Waals surface area contributed by atoms with E-state index >= 15 is 0 Å². The highest BCUT2D eigenvalue weighted by Gasteiger charge is 2.16. The van der Waals surface area contributed by atoms with Crippen LogP contribution in [0.2, 0.25) is 0 Å². The third-order valence-electron chi connectivity index (χ3n) is 4.02. The maximum Gasteiger partial charge on any atom is 0.150 e. The van der Waals surface area contributed by atoms with Crippen molar-refractivity contribution in [2.45, 2.75) is 39.2 Å². The number of hydrogen-bond acceptors (Lipinski definition) is 3. The van der Waals surface area contributed by atoms with Gasteiger partial charge in [0.1, 0.15) is 11.5 Å². The Morgan fingerprint density at radius 1 is 1.14 bits per heavy atom. The van der Waals surface area contributed by atoms with Gasteiger partial charge in [0.05, 0.1) is 6.04 Å². The van der Waals surface area contributed by atoms with Gasteiger partial charge in [-0.2, -0.15) is 0 Å². The topological polar surface area (TPSA) is 63.3 Å². The second-order valence-electron chi connectivity index (χ2n) is 5.82. The Labute approximate surface area is 131 Å². The summed E-state index contributed by atoms with van der Waals surface area (Å²) in [6.45, 7) is 3.87. The molecule has 0 amide bonds. The highest BCUT2D eigenvalue weighted by Crippen LogP contribution is 2.22. The van der Waals surface area contributed by atoms with Gasteiger partial charge >= 0.3 is 0 Å². The van der Waals surface area contributed by atoms with Crippen molar-refractivity contribution in [1.29, 1.82) is 0 Å². The summed E-state index contributed by atoms with van der Waals surface area (Å²) in [5.74, 6) is 0.332. The molecule has 0 heterocycles. The molecule has 3 nitrogen and oxygen atoms in total. The molecule has 1 atom stereocenters. The van der Waals surface area contributed by atoms with Gasteiger partial charge in [-0.05, 0) is 61.1 Å². The standard InChI is InChI=1S/C19H23NO2/c1-13-10-16(21)11-14(2)17(13)12-18(20)19(22)9-8-15-6-4-3-5-7-15/h3-7,10-11,18,21H,8-9,12,20H2,1-2H3. The first kappa shape index (κ1) is 16.2. The molecule has 1 unspecified atom stereocenters. The van der Waals surface area contributed by atoms with E-state index in [9.17, 15) is 9.90 Å². The van der Waals surface area contributed by atoms with Crippen LogP contribution in [0.15, 0.2) is 42.5 Å². The second kappa shape index (κ2) is 7.23. The zero-order chi connectivity index (χ0) is 16.1. The minimum atomic E-state index is -0.495. The number of ketones is 1. The SMILES string of the molecule is Cc1cc(O)cc(C)c1CC(N)C(=O)CCc1ccccc1. The van der Waals surface area contributed by atoms with E-state index in [-0.39, 0.29) is 11.5 Å². The Kier molecular flexibility index (Phi) is 5.34. The van der Waals surface area contributed by atoms with Crippen LogP contribution >= 0.6 is 0 Å². The summed E-state index contributed by atoms with van der Waals surface area (Å²) < 4.78 is 0. The van der Waals surface area contributed by atoms with E-state index in [4.69, 9.17) is 5.73 Å². The van der Waals surface area contributed by atoms with Gasteiger partial charge in [-0.25, -0.2) is 0 Å². The third-order valence-corrected chi connectivity index (χ3v) is 4.02. The number of benzene rings is 2. The van der Waals surface area contributed by atoms with Crippen LogP contribution in [0.1, 0.15) is 28.7 Å². The van der Waals surface area contributed by atoms with Crippen molar-refractivity contribution in [2.24, 2.45) is 5.73 Å². The number of carbonyl (C=O) groups is 1. The first-order valence-electron chi connectivity index (χ1n) is 7.58. The van der Waals surface area contributed by atoms with E-state index in [1.165, 1.54) is 0 Å². The molecule has 0 bridgehead atoms. The summed E-state index contributed by atoms with van der Waals surface area (Å²) in [5, 5.41) is 9.57. The van der Waals surface area contributed by atoms with Crippen LogP contribution in [0.4, 0.5) is 0 Å². The summed E-state index contributed by atoms with van der Waals surface area (Å²) in [6, 6.07) is 12.9. The summed E-state index contributed by atoms with van der Waals surface area (Å²) in [4.78, 5) is 12.2. The number of phenols is 1. The van der Waals surface area contributed by atoms with Crippen molar-refractivity contribution in [3.8, 4) is 5.75 Å². The molecule has 116 valence electrons. The Morgan fingerprint density at radius 3 is 2.32 bits per heavy atom. The van der Waals surface area contributed by atoms with Gasteiger partial charge in [0.2, 0.25) is 0 Å². The van der Waals surface area contributed by atoms with Crippen LogP contribution in [0.25, 0.3) is 0 Å². The largest absolute Gasteiger partial charge is 0.508 e. The van der Waals surface area contributed by atoms with Crippen LogP contribution in [0.5, 0.6) is 5.75 Å². The molecule has 3 N–H and O–H groups in total. The van der Waals surface area contributed by atoms with Crippen LogP contribution in [-0.2, 0) is 17.6 Å². The zero-order valence-electron chi connectivity index (χ0n) is 13.2. The lowest BCUT2D eigenvalue weighted by atomic mass is 9.93. The Morgan fingerprint density at radius 2 is 1.73 bits per heavy atom. The number of nitrogens with two attached hydrogens (primary N) is 1. The molecule has 0 saturated heterocycles. The fourth-order valence-corrected chi connectivity index (χ4v) is 2.72. The smallest absolute Gasteiger partial charge is 0.150 e. The normalized spacial score (nSPS) is 12.1. The lowest BCUT2D eigenvalue weighted by Crippen LogP contribution is -2.33. The first-order valence-corrected chi connectivity index (χ1v) is 7.58. The average Bonchev–Trinajstić information content (AvgIpc) is 2.49. The van der Waals surface area contributed by atoms with Gasteiger partial charge in [0.25, 0.3) is 0 Å². The predicted octanol–water partition coefficient (Wildman–Crippen LogP) is 3.08. The van der Waals surface area contributed by atoms with Gasteiger partial charge in [0.15, 0.2) is 0 Å². The van der Waals surface area contributed by atoms with Gasteiger partial charge in [-0.15, -0.1) is 0 Å². The second-order valence-corrected chi connectivity index (χ2v) is 5.82. The molecule has 0 spiro atoms. The van der Waals surface area contributed by atoms with E-state index in [1.54, 1.807) is 12.1 Å². The molecule has 2 rings (SSSR count). The summed E-state index contributed by atoms with van der Waals surface area (Å²) in [5.41, 5.74) is 10.2. The molecule has 2 aromatic rings. The number of Topliss-reactive ketones (excluding diaryl/α,β-unsaturated/α-hetero) is 1. The van der Waals surface area contributed by atoms with Crippen molar-refractivity contribution in [2.75, 3.05) is 0 Å². The highest BCUT2D eigenvalue weighted by molar-refractivity contribution is 5.84. The molecule has 0 aromatic heterocycles. The summed E-state index contributed by atoms with van der Waals surface area (Å²) in [7, 11) is 0. The van der Waals surface area contributed by atoms with Gasteiger partial charge in [-0.1, -0.05) is 30.3 Å². The molecule has 0 saturated carbocycles. The van der Waals surface area contributed by atoms with E-state index in [2.05, 4.69) is 0 Å². The van der Waals surface area contributed by atoms with E-state index in [0.29, 0.717) is 12.8 Å². The number of aromatic hydroxyl groups is 1. The highest BCUT2D eigenvalue weighted by atomic mass is 16.3. The minimum absolute atomic E-state index is 0.0794. The van der Waals surface area contributed by atoms with Gasteiger partial charge < -0.3 is 10.8 Å². The molecule has 0 aliphatic rings. The number of aryl methyl sites for hydroxylation is 3. The molecule has 3 heteroatoms. The molecule has 0 radical (unpaired) electrons. The third kappa shape index (κ3) is 4.18. The number of carbonyl (C=O) groups excluding carboxylic acids is 1. The van der Waals surface area contributed by atoms with E-state index in [1.807, 2.05) is 44.2 Å². The predicted molar refractivity (Wildman–Crippen MR) is 89.0 cm³/mol. The maximum absolute atomic E-state index is 12.2. The number of rotatable bonds is 6. The number of phenolic OH excluding ortho intramolecular Hbond substituents is 1.